The van der Waals surface area contributed by atoms with Gasteiger partial charge in [-0.25, -0.2) is 0 Å². The van der Waals surface area contributed by atoms with E-state index in [0.717, 1.165) is 22.4 Å². The normalized spacial score (nSPS) is 10.4. The summed E-state index contributed by atoms with van der Waals surface area (Å²) in [4.78, 5) is 23.8. The first kappa shape index (κ1) is 18.4. The number of rotatable bonds is 8. The Labute approximate surface area is 158 Å². The van der Waals surface area contributed by atoms with Crippen molar-refractivity contribution in [1.29, 1.82) is 0 Å². The molecule has 0 spiro atoms. The van der Waals surface area contributed by atoms with Crippen LogP contribution in [0.15, 0.2) is 66.9 Å². The summed E-state index contributed by atoms with van der Waals surface area (Å²) in [6, 6.07) is 19.3. The summed E-state index contributed by atoms with van der Waals surface area (Å²) in [6.07, 6.45) is 2.29. The molecular formula is C21H22N4O2. The number of benzene rings is 2. The van der Waals surface area contributed by atoms with Crippen molar-refractivity contribution in [3.63, 3.8) is 0 Å². The summed E-state index contributed by atoms with van der Waals surface area (Å²) in [5.41, 5.74) is 3.97. The first-order valence-electron chi connectivity index (χ1n) is 8.87. The lowest BCUT2D eigenvalue weighted by atomic mass is 10.1. The van der Waals surface area contributed by atoms with E-state index in [1.165, 1.54) is 0 Å². The molecule has 0 aliphatic carbocycles. The molecule has 27 heavy (non-hydrogen) atoms. The van der Waals surface area contributed by atoms with Crippen LogP contribution in [0.1, 0.15) is 17.5 Å². The lowest BCUT2D eigenvalue weighted by Crippen LogP contribution is -2.31. The maximum absolute atomic E-state index is 11.9. The summed E-state index contributed by atoms with van der Waals surface area (Å²) in [5, 5.41) is 12.5. The molecule has 0 saturated heterocycles. The van der Waals surface area contributed by atoms with Crippen LogP contribution in [0.25, 0.3) is 11.3 Å². The fourth-order valence-electron chi connectivity index (χ4n) is 2.67. The van der Waals surface area contributed by atoms with Gasteiger partial charge in [0.2, 0.25) is 11.8 Å². The van der Waals surface area contributed by atoms with Crippen LogP contribution in [0.4, 0.5) is 0 Å². The van der Waals surface area contributed by atoms with E-state index in [0.29, 0.717) is 19.5 Å². The number of carbonyl (C=O) groups excluding carboxylic acids is 2. The van der Waals surface area contributed by atoms with Crippen molar-refractivity contribution in [3.8, 4) is 11.3 Å². The van der Waals surface area contributed by atoms with E-state index in [2.05, 4.69) is 20.8 Å². The molecule has 6 nitrogen and oxygen atoms in total. The number of amides is 2. The second-order valence-corrected chi connectivity index (χ2v) is 6.21. The third-order valence-corrected chi connectivity index (χ3v) is 4.14. The van der Waals surface area contributed by atoms with Crippen LogP contribution in [0.5, 0.6) is 0 Å². The van der Waals surface area contributed by atoms with Gasteiger partial charge in [0, 0.05) is 25.7 Å². The largest absolute Gasteiger partial charge is 0.355 e. The molecule has 1 aromatic heterocycles. The summed E-state index contributed by atoms with van der Waals surface area (Å²) in [7, 11) is 0. The summed E-state index contributed by atoms with van der Waals surface area (Å²) < 4.78 is 0. The lowest BCUT2D eigenvalue weighted by Gasteiger charge is -2.08. The van der Waals surface area contributed by atoms with Crippen molar-refractivity contribution in [3.05, 3.63) is 78.0 Å². The number of H-pyrrole nitrogens is 1. The smallest absolute Gasteiger partial charge is 0.224 e. The molecule has 1 heterocycles. The molecular weight excluding hydrogens is 340 g/mol. The van der Waals surface area contributed by atoms with Crippen molar-refractivity contribution in [2.24, 2.45) is 0 Å². The van der Waals surface area contributed by atoms with Crippen LogP contribution < -0.4 is 10.6 Å². The van der Waals surface area contributed by atoms with Crippen molar-refractivity contribution in [2.75, 3.05) is 6.54 Å². The molecule has 2 aromatic carbocycles. The highest BCUT2D eigenvalue weighted by atomic mass is 16.2. The lowest BCUT2D eigenvalue weighted by molar-refractivity contribution is -0.122. The molecule has 0 bridgehead atoms. The number of aromatic nitrogens is 2. The quantitative estimate of drug-likeness (QED) is 0.575. The molecule has 0 fully saturated rings. The van der Waals surface area contributed by atoms with Gasteiger partial charge < -0.3 is 10.6 Å². The molecule has 2 amide bonds. The summed E-state index contributed by atoms with van der Waals surface area (Å²) >= 11 is 0. The third kappa shape index (κ3) is 5.81. The van der Waals surface area contributed by atoms with Gasteiger partial charge in [0.15, 0.2) is 0 Å². The first-order valence-corrected chi connectivity index (χ1v) is 8.87. The van der Waals surface area contributed by atoms with Crippen molar-refractivity contribution in [2.45, 2.75) is 19.4 Å². The average molecular weight is 362 g/mol. The fourth-order valence-corrected chi connectivity index (χ4v) is 2.67. The zero-order valence-electron chi connectivity index (χ0n) is 14.9. The number of hydrogen-bond acceptors (Lipinski definition) is 3. The minimum absolute atomic E-state index is 0.0802. The van der Waals surface area contributed by atoms with E-state index in [-0.39, 0.29) is 18.2 Å². The summed E-state index contributed by atoms with van der Waals surface area (Å²) in [6.45, 7) is 0.788. The molecule has 0 radical (unpaired) electrons. The van der Waals surface area contributed by atoms with Gasteiger partial charge in [-0.1, -0.05) is 54.6 Å². The van der Waals surface area contributed by atoms with Gasteiger partial charge in [-0.3, -0.25) is 14.7 Å². The second-order valence-electron chi connectivity index (χ2n) is 6.21. The first-order chi connectivity index (χ1) is 13.2. The molecule has 0 atom stereocenters. The Bertz CT molecular complexity index is 859. The standard InChI is InChI=1S/C21H22N4O2/c26-20(11-12-22-21(27)14-16-4-2-1-3-5-16)23-15-17-6-8-18(9-7-17)19-10-13-24-25-19/h1-10,13H,11-12,14-15H2,(H,22,27)(H,23,26)(H,24,25). The van der Waals surface area contributed by atoms with Gasteiger partial charge in [0.05, 0.1) is 12.1 Å². The number of nitrogens with zero attached hydrogens (tertiary/aromatic N) is 1. The molecule has 0 saturated carbocycles. The molecule has 3 rings (SSSR count). The molecule has 3 aromatic rings. The van der Waals surface area contributed by atoms with Crippen LogP contribution in [0, 0.1) is 0 Å². The highest BCUT2D eigenvalue weighted by Crippen LogP contribution is 2.16. The van der Waals surface area contributed by atoms with Gasteiger partial charge in [-0.2, -0.15) is 5.10 Å². The number of carbonyl (C=O) groups is 2. The van der Waals surface area contributed by atoms with Crippen LogP contribution in [0.2, 0.25) is 0 Å². The molecule has 6 heteroatoms. The highest BCUT2D eigenvalue weighted by Gasteiger charge is 2.06. The van der Waals surface area contributed by atoms with E-state index in [1.54, 1.807) is 6.20 Å². The maximum Gasteiger partial charge on any atom is 0.224 e. The van der Waals surface area contributed by atoms with Crippen LogP contribution in [-0.2, 0) is 22.6 Å². The van der Waals surface area contributed by atoms with Gasteiger partial charge in [-0.15, -0.1) is 0 Å². The number of nitrogens with one attached hydrogen (secondary N) is 3. The van der Waals surface area contributed by atoms with Crippen molar-refractivity contribution >= 4 is 11.8 Å². The molecule has 3 N–H and O–H groups in total. The van der Waals surface area contributed by atoms with E-state index in [9.17, 15) is 9.59 Å². The van der Waals surface area contributed by atoms with Gasteiger partial charge in [-0.05, 0) is 22.8 Å². The monoisotopic (exact) mass is 362 g/mol. The fraction of sp³-hybridized carbons (Fsp3) is 0.190. The van der Waals surface area contributed by atoms with E-state index < -0.39 is 0 Å². The molecule has 0 unspecified atom stereocenters. The zero-order valence-corrected chi connectivity index (χ0v) is 14.9. The Morgan fingerprint density at radius 3 is 2.33 bits per heavy atom. The minimum atomic E-state index is -0.0901. The maximum atomic E-state index is 11.9. The van der Waals surface area contributed by atoms with Crippen molar-refractivity contribution in [1.82, 2.24) is 20.8 Å². The van der Waals surface area contributed by atoms with E-state index in [4.69, 9.17) is 0 Å². The number of aromatic amines is 1. The van der Waals surface area contributed by atoms with Crippen molar-refractivity contribution < 1.29 is 9.59 Å². The highest BCUT2D eigenvalue weighted by molar-refractivity contribution is 5.80. The Morgan fingerprint density at radius 2 is 1.63 bits per heavy atom. The Morgan fingerprint density at radius 1 is 0.852 bits per heavy atom. The third-order valence-electron chi connectivity index (χ3n) is 4.14. The summed E-state index contributed by atoms with van der Waals surface area (Å²) in [5.74, 6) is -0.170. The average Bonchev–Trinajstić information content (AvgIpc) is 3.22. The Balaban J connectivity index is 1.35. The van der Waals surface area contributed by atoms with E-state index >= 15 is 0 Å². The number of hydrogen-bond donors (Lipinski definition) is 3. The van der Waals surface area contributed by atoms with Crippen LogP contribution in [-0.4, -0.2) is 28.6 Å². The van der Waals surface area contributed by atoms with Gasteiger partial charge in [0.25, 0.3) is 0 Å². The Hall–Kier alpha value is -3.41. The SMILES string of the molecule is O=C(CCNC(=O)Cc1ccccc1)NCc1ccc(-c2ccn[nH]2)cc1. The van der Waals surface area contributed by atoms with Crippen LogP contribution in [0.3, 0.4) is 0 Å². The molecule has 138 valence electrons. The van der Waals surface area contributed by atoms with E-state index in [1.807, 2.05) is 60.7 Å². The second kappa shape index (κ2) is 9.33. The van der Waals surface area contributed by atoms with Gasteiger partial charge >= 0.3 is 0 Å². The molecule has 0 aliphatic heterocycles. The van der Waals surface area contributed by atoms with Gasteiger partial charge in [0.1, 0.15) is 0 Å². The Kier molecular flexibility index (Phi) is 6.35. The predicted molar refractivity (Wildman–Crippen MR) is 104 cm³/mol. The topological polar surface area (TPSA) is 86.9 Å². The minimum Gasteiger partial charge on any atom is -0.355 e. The molecule has 0 aliphatic rings. The zero-order chi connectivity index (χ0) is 18.9. The predicted octanol–water partition coefficient (Wildman–Crippen LogP) is 2.44. The van der Waals surface area contributed by atoms with Crippen LogP contribution >= 0.6 is 0 Å².